The Morgan fingerprint density at radius 3 is 2.61 bits per heavy atom. The first-order chi connectivity index (χ1) is 15.0. The molecule has 0 saturated heterocycles. The standard InChI is InChI=1S/C23H19Cl2N3O3/c1-14(31-16-5-3-2-4-6-16)23(29)26-22-18-9-8-17(12-21(18)27-28-22)30-13-15-7-10-19(24)20(25)11-15/h2-12,14H,13H2,1H3,(H2,26,27,28,29). The maximum atomic E-state index is 12.5. The predicted octanol–water partition coefficient (Wildman–Crippen LogP) is 5.85. The molecule has 31 heavy (non-hydrogen) atoms. The summed E-state index contributed by atoms with van der Waals surface area (Å²) in [6.45, 7) is 2.03. The molecule has 0 aliphatic rings. The van der Waals surface area contributed by atoms with E-state index in [9.17, 15) is 4.79 Å². The van der Waals surface area contributed by atoms with E-state index in [-0.39, 0.29) is 5.91 Å². The third-order valence-corrected chi connectivity index (χ3v) is 5.33. The van der Waals surface area contributed by atoms with Crippen molar-refractivity contribution in [1.82, 2.24) is 10.2 Å². The highest BCUT2D eigenvalue weighted by atomic mass is 35.5. The molecule has 3 aromatic carbocycles. The number of carbonyl (C=O) groups is 1. The molecule has 1 heterocycles. The number of anilines is 1. The lowest BCUT2D eigenvalue weighted by atomic mass is 10.2. The fourth-order valence-corrected chi connectivity index (χ4v) is 3.28. The summed E-state index contributed by atoms with van der Waals surface area (Å²) < 4.78 is 11.5. The van der Waals surface area contributed by atoms with Gasteiger partial charge in [0.25, 0.3) is 5.91 Å². The first-order valence-corrected chi connectivity index (χ1v) is 10.3. The van der Waals surface area contributed by atoms with Crippen LogP contribution in [0, 0.1) is 0 Å². The van der Waals surface area contributed by atoms with Crippen LogP contribution in [0.4, 0.5) is 5.82 Å². The second-order valence-electron chi connectivity index (χ2n) is 6.88. The van der Waals surface area contributed by atoms with Gasteiger partial charge in [0.05, 0.1) is 15.6 Å². The van der Waals surface area contributed by atoms with Crippen molar-refractivity contribution in [3.63, 3.8) is 0 Å². The summed E-state index contributed by atoms with van der Waals surface area (Å²) >= 11 is 12.0. The molecule has 0 saturated carbocycles. The lowest BCUT2D eigenvalue weighted by Gasteiger charge is -2.13. The number of rotatable bonds is 7. The second-order valence-corrected chi connectivity index (χ2v) is 7.69. The summed E-state index contributed by atoms with van der Waals surface area (Å²) in [5, 5.41) is 11.7. The molecule has 0 spiro atoms. The van der Waals surface area contributed by atoms with Gasteiger partial charge in [-0.15, -0.1) is 0 Å². The first-order valence-electron chi connectivity index (χ1n) is 9.57. The summed E-state index contributed by atoms with van der Waals surface area (Å²) in [7, 11) is 0. The SMILES string of the molecule is CC(Oc1ccccc1)C(=O)Nc1n[nH]c2cc(OCc3ccc(Cl)c(Cl)c3)ccc12. The van der Waals surface area contributed by atoms with E-state index >= 15 is 0 Å². The van der Waals surface area contributed by atoms with Crippen molar-refractivity contribution < 1.29 is 14.3 Å². The zero-order valence-electron chi connectivity index (χ0n) is 16.6. The van der Waals surface area contributed by atoms with Crippen LogP contribution in [0.1, 0.15) is 12.5 Å². The molecule has 2 N–H and O–H groups in total. The van der Waals surface area contributed by atoms with Gasteiger partial charge in [-0.25, -0.2) is 0 Å². The van der Waals surface area contributed by atoms with E-state index in [4.69, 9.17) is 32.7 Å². The van der Waals surface area contributed by atoms with Gasteiger partial charge in [0.15, 0.2) is 11.9 Å². The third kappa shape index (κ3) is 5.10. The van der Waals surface area contributed by atoms with E-state index < -0.39 is 6.10 Å². The molecule has 0 aliphatic heterocycles. The van der Waals surface area contributed by atoms with E-state index in [0.29, 0.717) is 34.0 Å². The van der Waals surface area contributed by atoms with E-state index in [2.05, 4.69) is 15.5 Å². The molecule has 8 heteroatoms. The second kappa shape index (κ2) is 9.29. The monoisotopic (exact) mass is 455 g/mol. The van der Waals surface area contributed by atoms with Crippen LogP contribution >= 0.6 is 23.2 Å². The third-order valence-electron chi connectivity index (χ3n) is 4.59. The van der Waals surface area contributed by atoms with Crippen LogP contribution in [0.25, 0.3) is 10.9 Å². The number of H-pyrrole nitrogens is 1. The van der Waals surface area contributed by atoms with E-state index in [1.54, 1.807) is 31.2 Å². The number of ether oxygens (including phenoxy) is 2. The van der Waals surface area contributed by atoms with Crippen LogP contribution in [0.2, 0.25) is 10.0 Å². The van der Waals surface area contributed by atoms with E-state index in [0.717, 1.165) is 16.5 Å². The zero-order valence-corrected chi connectivity index (χ0v) is 18.1. The Kier molecular flexibility index (Phi) is 6.30. The summed E-state index contributed by atoms with van der Waals surface area (Å²) in [6.07, 6.45) is -0.678. The molecule has 4 aromatic rings. The van der Waals surface area contributed by atoms with Crippen molar-refractivity contribution in [2.45, 2.75) is 19.6 Å². The molecular formula is C23H19Cl2N3O3. The van der Waals surface area contributed by atoms with E-state index in [1.807, 2.05) is 42.5 Å². The summed E-state index contributed by atoms with van der Waals surface area (Å²) in [4.78, 5) is 12.5. The molecule has 0 fully saturated rings. The number of halogens is 2. The Balaban J connectivity index is 1.41. The van der Waals surface area contributed by atoms with Crippen molar-refractivity contribution in [3.05, 3.63) is 82.3 Å². The number of fused-ring (bicyclic) bond motifs is 1. The lowest BCUT2D eigenvalue weighted by Crippen LogP contribution is -2.30. The number of hydrogen-bond acceptors (Lipinski definition) is 4. The molecule has 1 aromatic heterocycles. The Bertz CT molecular complexity index is 1210. The molecule has 0 aliphatic carbocycles. The lowest BCUT2D eigenvalue weighted by molar-refractivity contribution is -0.122. The minimum Gasteiger partial charge on any atom is -0.489 e. The minimum absolute atomic E-state index is 0.294. The summed E-state index contributed by atoms with van der Waals surface area (Å²) in [5.74, 6) is 1.42. The highest BCUT2D eigenvalue weighted by molar-refractivity contribution is 6.42. The van der Waals surface area contributed by atoms with Crippen molar-refractivity contribution >= 4 is 45.8 Å². The van der Waals surface area contributed by atoms with Crippen molar-refractivity contribution in [1.29, 1.82) is 0 Å². The van der Waals surface area contributed by atoms with Crippen molar-refractivity contribution in [2.75, 3.05) is 5.32 Å². The Labute approximate surface area is 189 Å². The average molecular weight is 456 g/mol. The number of hydrogen-bond donors (Lipinski definition) is 2. The van der Waals surface area contributed by atoms with Gasteiger partial charge in [-0.2, -0.15) is 5.10 Å². The van der Waals surface area contributed by atoms with Crippen LogP contribution in [0.3, 0.4) is 0 Å². The van der Waals surface area contributed by atoms with E-state index in [1.165, 1.54) is 0 Å². The molecule has 0 radical (unpaired) electrons. The predicted molar refractivity (Wildman–Crippen MR) is 122 cm³/mol. The minimum atomic E-state index is -0.678. The fourth-order valence-electron chi connectivity index (χ4n) is 2.95. The Morgan fingerprint density at radius 1 is 1.03 bits per heavy atom. The average Bonchev–Trinajstić information content (AvgIpc) is 3.17. The number of amides is 1. The highest BCUT2D eigenvalue weighted by Gasteiger charge is 2.17. The quantitative estimate of drug-likeness (QED) is 0.366. The molecule has 6 nitrogen and oxygen atoms in total. The normalized spacial score (nSPS) is 11.8. The van der Waals surface area contributed by atoms with Crippen LogP contribution in [-0.2, 0) is 11.4 Å². The topological polar surface area (TPSA) is 76.2 Å². The maximum Gasteiger partial charge on any atom is 0.266 e. The number of nitrogens with zero attached hydrogens (tertiary/aromatic N) is 1. The van der Waals surface area contributed by atoms with Gasteiger partial charge in [-0.1, -0.05) is 47.5 Å². The molecule has 1 amide bonds. The van der Waals surface area contributed by atoms with Gasteiger partial charge in [-0.3, -0.25) is 9.89 Å². The van der Waals surface area contributed by atoms with Crippen LogP contribution < -0.4 is 14.8 Å². The summed E-state index contributed by atoms with van der Waals surface area (Å²) in [5.41, 5.74) is 1.64. The van der Waals surface area contributed by atoms with Crippen LogP contribution in [0.15, 0.2) is 66.7 Å². The zero-order chi connectivity index (χ0) is 21.8. The summed E-state index contributed by atoms with van der Waals surface area (Å²) in [6, 6.07) is 20.0. The van der Waals surface area contributed by atoms with Gasteiger partial charge >= 0.3 is 0 Å². The highest BCUT2D eigenvalue weighted by Crippen LogP contribution is 2.27. The first kappa shape index (κ1) is 21.0. The molecular weight excluding hydrogens is 437 g/mol. The van der Waals surface area contributed by atoms with Gasteiger partial charge in [0.1, 0.15) is 18.1 Å². The number of aromatic amines is 1. The van der Waals surface area contributed by atoms with Gasteiger partial charge in [-0.05, 0) is 48.9 Å². The molecule has 1 atom stereocenters. The largest absolute Gasteiger partial charge is 0.489 e. The molecule has 158 valence electrons. The van der Waals surface area contributed by atoms with Crippen molar-refractivity contribution in [2.24, 2.45) is 0 Å². The molecule has 0 bridgehead atoms. The number of nitrogens with one attached hydrogen (secondary N) is 2. The smallest absolute Gasteiger partial charge is 0.266 e. The van der Waals surface area contributed by atoms with Gasteiger partial charge in [0, 0.05) is 11.5 Å². The molecule has 1 unspecified atom stereocenters. The van der Waals surface area contributed by atoms with Crippen LogP contribution in [-0.4, -0.2) is 22.2 Å². The maximum absolute atomic E-state index is 12.5. The van der Waals surface area contributed by atoms with Crippen LogP contribution in [0.5, 0.6) is 11.5 Å². The van der Waals surface area contributed by atoms with Gasteiger partial charge in [0.2, 0.25) is 0 Å². The Hall–Kier alpha value is -3.22. The Morgan fingerprint density at radius 2 is 1.84 bits per heavy atom. The van der Waals surface area contributed by atoms with Gasteiger partial charge < -0.3 is 14.8 Å². The number of benzene rings is 3. The van der Waals surface area contributed by atoms with Crippen molar-refractivity contribution in [3.8, 4) is 11.5 Å². The fraction of sp³-hybridized carbons (Fsp3) is 0.130. The molecule has 4 rings (SSSR count). The number of para-hydroxylation sites is 1. The number of carbonyl (C=O) groups excluding carboxylic acids is 1. The number of aromatic nitrogens is 2.